The van der Waals surface area contributed by atoms with Crippen molar-refractivity contribution in [2.75, 3.05) is 25.1 Å². The Labute approximate surface area is 107 Å². The number of anilines is 1. The minimum Gasteiger partial charge on any atom is -0.384 e. The first kappa shape index (κ1) is 11.4. The van der Waals surface area contributed by atoms with Crippen LogP contribution in [0.15, 0.2) is 27.1 Å². The summed E-state index contributed by atoms with van der Waals surface area (Å²) in [5.74, 6) is 0.649. The first-order chi connectivity index (χ1) is 7.25. The monoisotopic (exact) mass is 333 g/mol. The van der Waals surface area contributed by atoms with Gasteiger partial charge >= 0.3 is 0 Å². The summed E-state index contributed by atoms with van der Waals surface area (Å²) in [4.78, 5) is 0. The van der Waals surface area contributed by atoms with E-state index in [-0.39, 0.29) is 0 Å². The Morgan fingerprint density at radius 2 is 2.27 bits per heavy atom. The summed E-state index contributed by atoms with van der Waals surface area (Å²) in [6.45, 7) is 2.78. The third-order valence-corrected chi connectivity index (χ3v) is 3.72. The molecule has 1 fully saturated rings. The van der Waals surface area contributed by atoms with Crippen LogP contribution in [-0.4, -0.2) is 19.8 Å². The van der Waals surface area contributed by atoms with Crippen LogP contribution in [0, 0.1) is 5.92 Å². The van der Waals surface area contributed by atoms with Gasteiger partial charge in [-0.05, 0) is 40.5 Å². The molecule has 1 aliphatic heterocycles. The minimum absolute atomic E-state index is 0.649. The highest BCUT2D eigenvalue weighted by atomic mass is 79.9. The average molecular weight is 335 g/mol. The lowest BCUT2D eigenvalue weighted by Crippen LogP contribution is -2.14. The largest absolute Gasteiger partial charge is 0.384 e. The van der Waals surface area contributed by atoms with Gasteiger partial charge < -0.3 is 10.1 Å². The van der Waals surface area contributed by atoms with E-state index in [9.17, 15) is 0 Å². The number of nitrogens with one attached hydrogen (secondary N) is 1. The molecule has 0 radical (unpaired) electrons. The molecule has 0 spiro atoms. The molecular weight excluding hydrogens is 322 g/mol. The van der Waals surface area contributed by atoms with Crippen molar-refractivity contribution in [1.82, 2.24) is 0 Å². The van der Waals surface area contributed by atoms with Crippen LogP contribution in [0.2, 0.25) is 0 Å². The maximum absolute atomic E-state index is 5.34. The van der Waals surface area contributed by atoms with Gasteiger partial charge in [0.25, 0.3) is 0 Å². The van der Waals surface area contributed by atoms with Crippen LogP contribution in [0.4, 0.5) is 5.69 Å². The number of rotatable bonds is 3. The van der Waals surface area contributed by atoms with E-state index in [0.29, 0.717) is 5.92 Å². The van der Waals surface area contributed by atoms with Crippen molar-refractivity contribution < 1.29 is 4.74 Å². The molecule has 0 amide bonds. The molecule has 2 nitrogen and oxygen atoms in total. The van der Waals surface area contributed by atoms with Crippen molar-refractivity contribution in [3.8, 4) is 0 Å². The van der Waals surface area contributed by atoms with E-state index in [2.05, 4.69) is 43.2 Å². The molecule has 1 heterocycles. The Kier molecular flexibility index (Phi) is 4.05. The Balaban J connectivity index is 1.94. The van der Waals surface area contributed by atoms with E-state index >= 15 is 0 Å². The molecule has 1 atom stereocenters. The standard InChI is InChI=1S/C11H13Br2NO/c12-9-1-2-10(13)11(5-9)14-6-8-3-4-15-7-8/h1-2,5,8,14H,3-4,6-7H2. The third kappa shape index (κ3) is 3.20. The molecule has 0 aromatic heterocycles. The summed E-state index contributed by atoms with van der Waals surface area (Å²) in [5.41, 5.74) is 1.14. The quantitative estimate of drug-likeness (QED) is 0.910. The molecule has 1 aliphatic rings. The van der Waals surface area contributed by atoms with Gasteiger partial charge in [0.15, 0.2) is 0 Å². The van der Waals surface area contributed by atoms with Crippen molar-refractivity contribution in [2.45, 2.75) is 6.42 Å². The van der Waals surface area contributed by atoms with E-state index in [4.69, 9.17) is 4.74 Å². The Morgan fingerprint density at radius 1 is 1.40 bits per heavy atom. The lowest BCUT2D eigenvalue weighted by Gasteiger charge is -2.12. The first-order valence-corrected chi connectivity index (χ1v) is 6.61. The second kappa shape index (κ2) is 5.32. The Bertz CT molecular complexity index is 337. The van der Waals surface area contributed by atoms with Gasteiger partial charge in [-0.25, -0.2) is 0 Å². The summed E-state index contributed by atoms with van der Waals surface area (Å²) in [7, 11) is 0. The molecule has 15 heavy (non-hydrogen) atoms. The van der Waals surface area contributed by atoms with E-state index in [1.807, 2.05) is 12.1 Å². The predicted molar refractivity (Wildman–Crippen MR) is 69.3 cm³/mol. The highest BCUT2D eigenvalue weighted by Gasteiger charge is 2.15. The first-order valence-electron chi connectivity index (χ1n) is 5.02. The molecule has 1 aromatic carbocycles. The molecule has 0 bridgehead atoms. The van der Waals surface area contributed by atoms with Crippen LogP contribution in [0.5, 0.6) is 0 Å². The third-order valence-electron chi connectivity index (χ3n) is 2.53. The molecule has 82 valence electrons. The molecule has 0 aliphatic carbocycles. The van der Waals surface area contributed by atoms with Gasteiger partial charge in [0.05, 0.1) is 6.61 Å². The van der Waals surface area contributed by atoms with Crippen LogP contribution in [0.3, 0.4) is 0 Å². The summed E-state index contributed by atoms with van der Waals surface area (Å²) < 4.78 is 7.53. The highest BCUT2D eigenvalue weighted by Crippen LogP contribution is 2.26. The molecule has 1 unspecified atom stereocenters. The fourth-order valence-corrected chi connectivity index (χ4v) is 2.38. The average Bonchev–Trinajstić information content (AvgIpc) is 2.72. The second-order valence-electron chi connectivity index (χ2n) is 3.73. The zero-order chi connectivity index (χ0) is 10.7. The highest BCUT2D eigenvalue weighted by molar-refractivity contribution is 9.11. The predicted octanol–water partition coefficient (Wildman–Crippen LogP) is 3.66. The van der Waals surface area contributed by atoms with Crippen molar-refractivity contribution in [3.05, 3.63) is 27.1 Å². The lowest BCUT2D eigenvalue weighted by atomic mass is 10.1. The van der Waals surface area contributed by atoms with Crippen LogP contribution in [0.1, 0.15) is 6.42 Å². The molecule has 1 N–H and O–H groups in total. The van der Waals surface area contributed by atoms with Crippen molar-refractivity contribution in [2.24, 2.45) is 5.92 Å². The van der Waals surface area contributed by atoms with Crippen LogP contribution >= 0.6 is 31.9 Å². The van der Waals surface area contributed by atoms with Crippen molar-refractivity contribution in [1.29, 1.82) is 0 Å². The molecule has 0 saturated carbocycles. The van der Waals surface area contributed by atoms with Crippen LogP contribution in [-0.2, 0) is 4.74 Å². The zero-order valence-electron chi connectivity index (χ0n) is 8.30. The molecule has 1 aromatic rings. The van der Waals surface area contributed by atoms with Gasteiger partial charge in [0.2, 0.25) is 0 Å². The number of ether oxygens (including phenoxy) is 1. The van der Waals surface area contributed by atoms with Crippen LogP contribution in [0.25, 0.3) is 0 Å². The molecule has 4 heteroatoms. The second-order valence-corrected chi connectivity index (χ2v) is 5.50. The van der Waals surface area contributed by atoms with E-state index in [1.165, 1.54) is 6.42 Å². The summed E-state index contributed by atoms with van der Waals surface area (Å²) in [6, 6.07) is 6.14. The molecule has 2 rings (SSSR count). The van der Waals surface area contributed by atoms with Gasteiger partial charge in [0.1, 0.15) is 0 Å². The fourth-order valence-electron chi connectivity index (χ4n) is 1.63. The summed E-state index contributed by atoms with van der Waals surface area (Å²) >= 11 is 6.99. The van der Waals surface area contributed by atoms with E-state index in [1.54, 1.807) is 0 Å². The lowest BCUT2D eigenvalue weighted by molar-refractivity contribution is 0.187. The Hall–Kier alpha value is -0.0600. The van der Waals surface area contributed by atoms with Gasteiger partial charge in [-0.2, -0.15) is 0 Å². The van der Waals surface area contributed by atoms with Gasteiger partial charge in [-0.1, -0.05) is 15.9 Å². The molecular formula is C11H13Br2NO. The van der Waals surface area contributed by atoms with E-state index in [0.717, 1.165) is 34.4 Å². The number of halogens is 2. The smallest absolute Gasteiger partial charge is 0.0511 e. The SMILES string of the molecule is Brc1ccc(Br)c(NCC2CCOC2)c1. The molecule has 1 saturated heterocycles. The summed E-state index contributed by atoms with van der Waals surface area (Å²) in [6.07, 6.45) is 1.17. The Morgan fingerprint density at radius 3 is 3.00 bits per heavy atom. The maximum Gasteiger partial charge on any atom is 0.0511 e. The van der Waals surface area contributed by atoms with Crippen molar-refractivity contribution >= 4 is 37.5 Å². The number of hydrogen-bond donors (Lipinski definition) is 1. The number of hydrogen-bond acceptors (Lipinski definition) is 2. The normalized spacial score (nSPS) is 20.5. The zero-order valence-corrected chi connectivity index (χ0v) is 11.5. The summed E-state index contributed by atoms with van der Waals surface area (Å²) in [5, 5.41) is 3.44. The van der Waals surface area contributed by atoms with Crippen molar-refractivity contribution in [3.63, 3.8) is 0 Å². The number of benzene rings is 1. The minimum atomic E-state index is 0.649. The van der Waals surface area contributed by atoms with Crippen LogP contribution < -0.4 is 5.32 Å². The van der Waals surface area contributed by atoms with Gasteiger partial charge in [-0.3, -0.25) is 0 Å². The van der Waals surface area contributed by atoms with E-state index < -0.39 is 0 Å². The fraction of sp³-hybridized carbons (Fsp3) is 0.455. The topological polar surface area (TPSA) is 21.3 Å². The van der Waals surface area contributed by atoms with Gasteiger partial charge in [0, 0.05) is 33.7 Å². The van der Waals surface area contributed by atoms with Gasteiger partial charge in [-0.15, -0.1) is 0 Å². The maximum atomic E-state index is 5.34.